The molecule has 1 aliphatic carbocycles. The molecule has 1 N–H and O–H groups in total. The maximum Gasteiger partial charge on any atom is 0.315 e. The molecule has 1 aromatic heterocycles. The number of nitrogens with one attached hydrogen (secondary N) is 1. The first-order valence-electron chi connectivity index (χ1n) is 9.37. The fourth-order valence-electron chi connectivity index (χ4n) is 3.95. The van der Waals surface area contributed by atoms with Crippen molar-refractivity contribution in [3.8, 4) is 0 Å². The van der Waals surface area contributed by atoms with E-state index in [4.69, 9.17) is 21.7 Å². The van der Waals surface area contributed by atoms with E-state index >= 15 is 0 Å². The lowest BCUT2D eigenvalue weighted by molar-refractivity contribution is -0.146. The molecule has 5 nitrogen and oxygen atoms in total. The summed E-state index contributed by atoms with van der Waals surface area (Å²) in [4.78, 5) is 16.8. The molecule has 2 aromatic rings. The molecule has 0 saturated heterocycles. The largest absolute Gasteiger partial charge is 0.468 e. The number of pyridine rings is 1. The number of carbonyl (C=O) groups excluding carboxylic acids is 1. The lowest BCUT2D eigenvalue weighted by Gasteiger charge is -2.43. The molecule has 0 atom stereocenters. The number of halogens is 1. The van der Waals surface area contributed by atoms with Crippen LogP contribution in [0.1, 0.15) is 44.2 Å². The average molecular weight is 400 g/mol. The monoisotopic (exact) mass is 399 g/mol. The zero-order chi connectivity index (χ0) is 20.5. The SMILES string of the molecule is CN=c1c(C(C)(C)C(=O)OC)cccn1C(=N)C1(c2ccc(Cl)cc2)CCC1. The molecule has 0 bridgehead atoms. The van der Waals surface area contributed by atoms with Crippen LogP contribution >= 0.6 is 11.6 Å². The van der Waals surface area contributed by atoms with Gasteiger partial charge < -0.3 is 4.74 Å². The van der Waals surface area contributed by atoms with Crippen molar-refractivity contribution < 1.29 is 9.53 Å². The molecule has 148 valence electrons. The van der Waals surface area contributed by atoms with Crippen LogP contribution < -0.4 is 5.49 Å². The van der Waals surface area contributed by atoms with E-state index in [1.54, 1.807) is 11.6 Å². The van der Waals surface area contributed by atoms with Crippen molar-refractivity contribution in [2.45, 2.75) is 43.9 Å². The van der Waals surface area contributed by atoms with Crippen molar-refractivity contribution in [3.05, 3.63) is 64.2 Å². The van der Waals surface area contributed by atoms with E-state index in [0.29, 0.717) is 16.3 Å². The zero-order valence-electron chi connectivity index (χ0n) is 16.8. The minimum atomic E-state index is -0.875. The summed E-state index contributed by atoms with van der Waals surface area (Å²) in [6.07, 6.45) is 4.71. The van der Waals surface area contributed by atoms with Gasteiger partial charge in [-0.15, -0.1) is 0 Å². The van der Waals surface area contributed by atoms with Crippen LogP contribution in [0.15, 0.2) is 47.6 Å². The molecule has 1 heterocycles. The number of esters is 1. The van der Waals surface area contributed by atoms with Crippen molar-refractivity contribution >= 4 is 23.4 Å². The first-order valence-corrected chi connectivity index (χ1v) is 9.74. The second-order valence-electron chi connectivity index (χ2n) is 7.75. The molecule has 0 spiro atoms. The smallest absolute Gasteiger partial charge is 0.315 e. The Morgan fingerprint density at radius 2 is 1.89 bits per heavy atom. The molecule has 0 unspecified atom stereocenters. The van der Waals surface area contributed by atoms with Crippen LogP contribution in [0.4, 0.5) is 0 Å². The first kappa shape index (κ1) is 20.3. The maximum absolute atomic E-state index is 12.4. The Hall–Kier alpha value is -2.40. The summed E-state index contributed by atoms with van der Waals surface area (Å²) in [6.45, 7) is 3.63. The molecule has 6 heteroatoms. The molecule has 1 aliphatic rings. The van der Waals surface area contributed by atoms with Crippen LogP contribution in [0.2, 0.25) is 5.02 Å². The van der Waals surface area contributed by atoms with Gasteiger partial charge in [0.05, 0.1) is 17.9 Å². The van der Waals surface area contributed by atoms with Gasteiger partial charge in [-0.05, 0) is 50.5 Å². The fourth-order valence-corrected chi connectivity index (χ4v) is 4.08. The summed E-state index contributed by atoms with van der Waals surface area (Å²) in [7, 11) is 3.07. The topological polar surface area (TPSA) is 67.4 Å². The number of hydrogen-bond donors (Lipinski definition) is 1. The highest BCUT2D eigenvalue weighted by molar-refractivity contribution is 6.30. The Morgan fingerprint density at radius 1 is 1.25 bits per heavy atom. The molecule has 0 amide bonds. The summed E-state index contributed by atoms with van der Waals surface area (Å²) >= 11 is 6.06. The Morgan fingerprint density at radius 3 is 2.39 bits per heavy atom. The molecule has 28 heavy (non-hydrogen) atoms. The number of hydrogen-bond acceptors (Lipinski definition) is 4. The fraction of sp³-hybridized carbons (Fsp3) is 0.409. The van der Waals surface area contributed by atoms with Crippen LogP contribution in [0.5, 0.6) is 0 Å². The van der Waals surface area contributed by atoms with Gasteiger partial charge in [0.2, 0.25) is 0 Å². The highest BCUT2D eigenvalue weighted by Crippen LogP contribution is 2.45. The van der Waals surface area contributed by atoms with Crippen LogP contribution in [0.25, 0.3) is 0 Å². The number of carbonyl (C=O) groups is 1. The number of nitrogens with zero attached hydrogens (tertiary/aromatic N) is 2. The molecule has 1 aromatic carbocycles. The van der Waals surface area contributed by atoms with E-state index in [-0.39, 0.29) is 11.4 Å². The molecule has 1 fully saturated rings. The number of rotatable bonds is 4. The lowest BCUT2D eigenvalue weighted by Crippen LogP contribution is -2.50. The zero-order valence-corrected chi connectivity index (χ0v) is 17.5. The predicted octanol–water partition coefficient (Wildman–Crippen LogP) is 4.07. The minimum Gasteiger partial charge on any atom is -0.468 e. The van der Waals surface area contributed by atoms with E-state index in [9.17, 15) is 4.79 Å². The van der Waals surface area contributed by atoms with Gasteiger partial charge in [0, 0.05) is 23.8 Å². The maximum atomic E-state index is 12.4. The van der Waals surface area contributed by atoms with E-state index in [1.165, 1.54) is 7.11 Å². The molecular weight excluding hydrogens is 374 g/mol. The van der Waals surface area contributed by atoms with Crippen molar-refractivity contribution in [3.63, 3.8) is 0 Å². The minimum absolute atomic E-state index is 0.335. The third-order valence-corrected chi connectivity index (χ3v) is 6.10. The second kappa shape index (κ2) is 7.55. The van der Waals surface area contributed by atoms with Gasteiger partial charge in [-0.2, -0.15) is 0 Å². The molecule has 1 saturated carbocycles. The third kappa shape index (κ3) is 3.18. The van der Waals surface area contributed by atoms with E-state index < -0.39 is 5.41 Å². The summed E-state index contributed by atoms with van der Waals surface area (Å²) in [6, 6.07) is 11.5. The van der Waals surface area contributed by atoms with E-state index in [2.05, 4.69) is 4.99 Å². The van der Waals surface area contributed by atoms with Crippen molar-refractivity contribution in [1.29, 1.82) is 5.41 Å². The number of methoxy groups -OCH3 is 1. The normalized spacial score (nSPS) is 16.4. The Labute approximate surface area is 170 Å². The van der Waals surface area contributed by atoms with Gasteiger partial charge in [0.25, 0.3) is 0 Å². The molecule has 0 radical (unpaired) electrons. The summed E-state index contributed by atoms with van der Waals surface area (Å²) in [5.41, 5.74) is 1.17. The third-order valence-electron chi connectivity index (χ3n) is 5.85. The van der Waals surface area contributed by atoms with Gasteiger partial charge in [-0.1, -0.05) is 36.2 Å². The predicted molar refractivity (Wildman–Crippen MR) is 111 cm³/mol. The molecule has 0 aliphatic heterocycles. The Balaban J connectivity index is 2.14. The standard InChI is InChI=1S/C22H26ClN3O2/c1-21(2,20(27)28-4)17-7-5-14-26(18(17)25-3)19(24)22(12-6-13-22)15-8-10-16(23)11-9-15/h5,7-11,14,24H,6,12-13H2,1-4H3. The number of aromatic nitrogens is 1. The number of benzene rings is 1. The van der Waals surface area contributed by atoms with Crippen LogP contribution in [-0.2, 0) is 20.4 Å². The summed E-state index contributed by atoms with van der Waals surface area (Å²) in [5, 5.41) is 9.76. The van der Waals surface area contributed by atoms with E-state index in [0.717, 1.165) is 30.4 Å². The summed E-state index contributed by atoms with van der Waals surface area (Å²) in [5.74, 6) is 0.127. The Kier molecular flexibility index (Phi) is 5.48. The van der Waals surface area contributed by atoms with Gasteiger partial charge >= 0.3 is 5.97 Å². The quantitative estimate of drug-likeness (QED) is 0.478. The molecular formula is C22H26ClN3O2. The second-order valence-corrected chi connectivity index (χ2v) is 8.18. The van der Waals surface area contributed by atoms with Gasteiger partial charge in [0.1, 0.15) is 11.3 Å². The van der Waals surface area contributed by atoms with E-state index in [1.807, 2.05) is 56.4 Å². The van der Waals surface area contributed by atoms with Crippen molar-refractivity contribution in [1.82, 2.24) is 4.57 Å². The highest BCUT2D eigenvalue weighted by Gasteiger charge is 2.44. The van der Waals surface area contributed by atoms with Crippen LogP contribution in [-0.4, -0.2) is 30.5 Å². The first-order chi connectivity index (χ1) is 13.3. The van der Waals surface area contributed by atoms with Crippen LogP contribution in [0, 0.1) is 5.41 Å². The molecule has 3 rings (SSSR count). The van der Waals surface area contributed by atoms with Crippen molar-refractivity contribution in [2.75, 3.05) is 14.2 Å². The van der Waals surface area contributed by atoms with Crippen molar-refractivity contribution in [2.24, 2.45) is 4.99 Å². The van der Waals surface area contributed by atoms with Crippen LogP contribution in [0.3, 0.4) is 0 Å². The number of ether oxygens (including phenoxy) is 1. The van der Waals surface area contributed by atoms with Gasteiger partial charge in [-0.25, -0.2) is 0 Å². The average Bonchev–Trinajstić information content (AvgIpc) is 2.66. The lowest BCUT2D eigenvalue weighted by atomic mass is 9.63. The highest BCUT2D eigenvalue weighted by atomic mass is 35.5. The summed E-state index contributed by atoms with van der Waals surface area (Å²) < 4.78 is 6.79. The Bertz CT molecular complexity index is 970. The van der Waals surface area contributed by atoms with Gasteiger partial charge in [-0.3, -0.25) is 19.8 Å². The van der Waals surface area contributed by atoms with Gasteiger partial charge in [0.15, 0.2) is 0 Å².